The Labute approximate surface area is 236 Å². The second-order valence-corrected chi connectivity index (χ2v) is 11.9. The Hall–Kier alpha value is -3.26. The van der Waals surface area contributed by atoms with Crippen LogP contribution in [0.1, 0.15) is 71.6 Å². The van der Waals surface area contributed by atoms with Crippen LogP contribution in [0.25, 0.3) is 0 Å². The number of phenols is 1. The second kappa shape index (κ2) is 12.3. The second-order valence-electron chi connectivity index (χ2n) is 11.5. The number of hydrogen-bond acceptors (Lipinski definition) is 5. The molecule has 0 saturated heterocycles. The normalized spacial score (nSPS) is 18.9. The van der Waals surface area contributed by atoms with Gasteiger partial charge in [-0.15, -0.1) is 0 Å². The molecule has 0 aliphatic heterocycles. The number of nitrogens with zero attached hydrogens (tertiary/aromatic N) is 1. The van der Waals surface area contributed by atoms with E-state index < -0.39 is 29.7 Å². The highest BCUT2D eigenvalue weighted by Crippen LogP contribution is 2.42. The van der Waals surface area contributed by atoms with Crippen molar-refractivity contribution >= 4 is 35.2 Å². The van der Waals surface area contributed by atoms with Gasteiger partial charge in [-0.05, 0) is 75.3 Å². The highest BCUT2D eigenvalue weighted by molar-refractivity contribution is 6.34. The topological polar surface area (TPSA) is 108 Å². The van der Waals surface area contributed by atoms with E-state index in [1.807, 2.05) is 33.8 Å². The number of alkyl carbamates (subject to hydrolysis) is 1. The van der Waals surface area contributed by atoms with Gasteiger partial charge in [-0.1, -0.05) is 63.1 Å². The molecule has 0 radical (unpaired) electrons. The first kappa shape index (κ1) is 30.3. The van der Waals surface area contributed by atoms with Gasteiger partial charge >= 0.3 is 6.09 Å². The molecule has 1 aliphatic rings. The van der Waals surface area contributed by atoms with Crippen LogP contribution in [0.2, 0.25) is 5.02 Å². The number of phenolic OH excluding ortho intramolecular Hbond substituents is 1. The van der Waals surface area contributed by atoms with Gasteiger partial charge in [-0.2, -0.15) is 0 Å². The summed E-state index contributed by atoms with van der Waals surface area (Å²) in [6, 6.07) is 9.41. The van der Waals surface area contributed by atoms with E-state index in [1.54, 1.807) is 49.9 Å². The van der Waals surface area contributed by atoms with E-state index in [1.165, 1.54) is 12.1 Å². The lowest BCUT2D eigenvalue weighted by Crippen LogP contribution is -2.55. The van der Waals surface area contributed by atoms with E-state index >= 15 is 0 Å². The lowest BCUT2D eigenvalue weighted by Gasteiger charge is -2.36. The number of carbonyl (C=O) groups excluding carboxylic acids is 3. The maximum atomic E-state index is 14.3. The summed E-state index contributed by atoms with van der Waals surface area (Å²) in [6.45, 7) is 13.0. The number of anilines is 1. The van der Waals surface area contributed by atoms with Crippen LogP contribution in [0, 0.1) is 18.8 Å². The summed E-state index contributed by atoms with van der Waals surface area (Å²) in [4.78, 5) is 42.7. The Morgan fingerprint density at radius 3 is 2.28 bits per heavy atom. The number of carbonyl (C=O) groups is 3. The van der Waals surface area contributed by atoms with E-state index in [-0.39, 0.29) is 29.5 Å². The van der Waals surface area contributed by atoms with Gasteiger partial charge in [0.1, 0.15) is 23.4 Å². The SMILES string of the molecule is CCC(C)C(NC(=O)OC(C)(C)C)C(=O)N(C(C(=O)Nc1c(C)cccc1Cl)c1ccc(O)cc1)C1CC1C. The largest absolute Gasteiger partial charge is 0.508 e. The molecule has 1 aliphatic carbocycles. The lowest BCUT2D eigenvalue weighted by atomic mass is 9.95. The molecule has 212 valence electrons. The summed E-state index contributed by atoms with van der Waals surface area (Å²) >= 11 is 6.42. The zero-order valence-electron chi connectivity index (χ0n) is 23.7. The number of para-hydroxylation sites is 1. The van der Waals surface area contributed by atoms with Crippen LogP contribution in [-0.4, -0.2) is 45.6 Å². The Morgan fingerprint density at radius 1 is 1.15 bits per heavy atom. The van der Waals surface area contributed by atoms with Crippen molar-refractivity contribution in [2.75, 3.05) is 5.32 Å². The zero-order valence-corrected chi connectivity index (χ0v) is 24.5. The third-order valence-corrected chi connectivity index (χ3v) is 7.35. The van der Waals surface area contributed by atoms with Gasteiger partial charge in [0.25, 0.3) is 5.91 Å². The summed E-state index contributed by atoms with van der Waals surface area (Å²) in [5.41, 5.74) is 1.04. The molecule has 0 aromatic heterocycles. The number of aryl methyl sites for hydroxylation is 1. The number of hydrogen-bond donors (Lipinski definition) is 3. The molecule has 0 bridgehead atoms. The van der Waals surface area contributed by atoms with Crippen LogP contribution >= 0.6 is 11.6 Å². The molecule has 1 fully saturated rings. The molecule has 5 atom stereocenters. The van der Waals surface area contributed by atoms with Crippen molar-refractivity contribution in [1.29, 1.82) is 0 Å². The van der Waals surface area contributed by atoms with Crippen LogP contribution in [-0.2, 0) is 14.3 Å². The molecule has 1 saturated carbocycles. The van der Waals surface area contributed by atoms with E-state index in [0.29, 0.717) is 22.7 Å². The minimum absolute atomic E-state index is 0.0431. The predicted molar refractivity (Wildman–Crippen MR) is 153 cm³/mol. The first-order chi connectivity index (χ1) is 18.2. The summed E-state index contributed by atoms with van der Waals surface area (Å²) in [6.07, 6.45) is 0.648. The van der Waals surface area contributed by atoms with Crippen molar-refractivity contribution in [2.24, 2.45) is 11.8 Å². The molecule has 2 aromatic carbocycles. The maximum absolute atomic E-state index is 14.3. The van der Waals surface area contributed by atoms with Gasteiger partial charge in [0, 0.05) is 6.04 Å². The predicted octanol–water partition coefficient (Wildman–Crippen LogP) is 6.21. The quantitative estimate of drug-likeness (QED) is 0.340. The average molecular weight is 558 g/mol. The highest BCUT2D eigenvalue weighted by Gasteiger charge is 2.49. The van der Waals surface area contributed by atoms with Crippen LogP contribution in [0.3, 0.4) is 0 Å². The molecule has 3 rings (SSSR count). The van der Waals surface area contributed by atoms with E-state index in [9.17, 15) is 19.5 Å². The van der Waals surface area contributed by atoms with Crippen molar-refractivity contribution in [1.82, 2.24) is 10.2 Å². The summed E-state index contributed by atoms with van der Waals surface area (Å²) in [5, 5.41) is 16.0. The van der Waals surface area contributed by atoms with E-state index in [4.69, 9.17) is 16.3 Å². The standard InChI is InChI=1S/C30H40ClN3O5/c1-8-17(2)25(33-29(38)39-30(5,6)7)28(37)34(23-16-19(23)4)26(20-12-14-21(35)15-13-20)27(36)32-24-18(3)10-9-11-22(24)31/h9-15,17,19,23,25-26,35H,8,16H2,1-7H3,(H,32,36)(H,33,38). The molecular formula is C30H40ClN3O5. The van der Waals surface area contributed by atoms with Gasteiger partial charge in [0.15, 0.2) is 0 Å². The third-order valence-electron chi connectivity index (χ3n) is 7.04. The molecule has 9 heteroatoms. The van der Waals surface area contributed by atoms with Crippen molar-refractivity contribution in [3.8, 4) is 5.75 Å². The Morgan fingerprint density at radius 2 is 1.77 bits per heavy atom. The van der Waals surface area contributed by atoms with Gasteiger partial charge in [0.2, 0.25) is 5.91 Å². The number of ether oxygens (including phenoxy) is 1. The monoisotopic (exact) mass is 557 g/mol. The maximum Gasteiger partial charge on any atom is 0.408 e. The van der Waals surface area contributed by atoms with E-state index in [2.05, 4.69) is 10.6 Å². The van der Waals surface area contributed by atoms with Crippen molar-refractivity contribution in [3.63, 3.8) is 0 Å². The van der Waals surface area contributed by atoms with E-state index in [0.717, 1.165) is 12.0 Å². The van der Waals surface area contributed by atoms with Crippen LogP contribution in [0.5, 0.6) is 5.75 Å². The zero-order chi connectivity index (χ0) is 29.1. The lowest BCUT2D eigenvalue weighted by molar-refractivity contribution is -0.142. The van der Waals surface area contributed by atoms with Crippen molar-refractivity contribution < 1.29 is 24.2 Å². The molecule has 3 N–H and O–H groups in total. The average Bonchev–Trinajstić information content (AvgIpc) is 3.57. The third kappa shape index (κ3) is 7.66. The molecular weight excluding hydrogens is 518 g/mol. The molecule has 2 aromatic rings. The van der Waals surface area contributed by atoms with Crippen LogP contribution < -0.4 is 10.6 Å². The first-order valence-electron chi connectivity index (χ1n) is 13.4. The first-order valence-corrected chi connectivity index (χ1v) is 13.8. The minimum Gasteiger partial charge on any atom is -0.508 e. The molecule has 3 amide bonds. The molecule has 39 heavy (non-hydrogen) atoms. The number of rotatable bonds is 9. The fourth-order valence-electron chi connectivity index (χ4n) is 4.53. The fourth-order valence-corrected chi connectivity index (χ4v) is 4.80. The Kier molecular flexibility index (Phi) is 9.54. The number of halogens is 1. The minimum atomic E-state index is -1.03. The number of aromatic hydroxyl groups is 1. The number of benzene rings is 2. The van der Waals surface area contributed by atoms with Gasteiger partial charge in [0.05, 0.1) is 10.7 Å². The van der Waals surface area contributed by atoms with Gasteiger partial charge in [-0.25, -0.2) is 4.79 Å². The van der Waals surface area contributed by atoms with Crippen LogP contribution in [0.4, 0.5) is 10.5 Å². The molecule has 8 nitrogen and oxygen atoms in total. The molecule has 0 heterocycles. The van der Waals surface area contributed by atoms with Crippen LogP contribution in [0.15, 0.2) is 42.5 Å². The molecule has 0 spiro atoms. The summed E-state index contributed by atoms with van der Waals surface area (Å²) in [5.74, 6) is -0.821. The smallest absolute Gasteiger partial charge is 0.408 e. The number of amides is 3. The Balaban J connectivity index is 2.06. The van der Waals surface area contributed by atoms with Gasteiger partial charge < -0.3 is 25.4 Å². The fraction of sp³-hybridized carbons (Fsp3) is 0.500. The molecule has 5 unspecified atom stereocenters. The Bertz CT molecular complexity index is 1170. The summed E-state index contributed by atoms with van der Waals surface area (Å²) < 4.78 is 5.46. The van der Waals surface area contributed by atoms with Crippen molar-refractivity contribution in [2.45, 2.75) is 85.0 Å². The van der Waals surface area contributed by atoms with Gasteiger partial charge in [-0.3, -0.25) is 9.59 Å². The number of nitrogens with one attached hydrogen (secondary N) is 2. The summed E-state index contributed by atoms with van der Waals surface area (Å²) in [7, 11) is 0. The van der Waals surface area contributed by atoms with Crippen molar-refractivity contribution in [3.05, 3.63) is 58.6 Å². The highest BCUT2D eigenvalue weighted by atomic mass is 35.5.